The maximum atomic E-state index is 12.2. The molecule has 1 N–H and O–H groups in total. The fourth-order valence-electron chi connectivity index (χ4n) is 3.15. The minimum absolute atomic E-state index is 0.120. The molecule has 0 radical (unpaired) electrons. The molecule has 0 bridgehead atoms. The third kappa shape index (κ3) is 5.23. The predicted octanol–water partition coefficient (Wildman–Crippen LogP) is 1.98. The van der Waals surface area contributed by atoms with E-state index in [0.717, 1.165) is 31.7 Å². The lowest BCUT2D eigenvalue weighted by Crippen LogP contribution is -2.49. The highest BCUT2D eigenvalue weighted by atomic mass is 16.5. The third-order valence-electron chi connectivity index (χ3n) is 4.67. The Bertz CT molecular complexity index is 803. The van der Waals surface area contributed by atoms with Gasteiger partial charge >= 0.3 is 0 Å². The maximum absolute atomic E-state index is 12.2. The summed E-state index contributed by atoms with van der Waals surface area (Å²) < 4.78 is 10.5. The molecule has 0 spiro atoms. The summed E-state index contributed by atoms with van der Waals surface area (Å²) in [5.74, 6) is 1.15. The largest absolute Gasteiger partial charge is 0.493 e. The van der Waals surface area contributed by atoms with Crippen molar-refractivity contribution in [3.63, 3.8) is 0 Å². The van der Waals surface area contributed by atoms with Gasteiger partial charge < -0.3 is 14.4 Å². The van der Waals surface area contributed by atoms with Crippen molar-refractivity contribution in [2.45, 2.75) is 0 Å². The van der Waals surface area contributed by atoms with Crippen LogP contribution in [0.25, 0.3) is 0 Å². The van der Waals surface area contributed by atoms with Crippen LogP contribution in [0, 0.1) is 0 Å². The molecule has 148 valence electrons. The lowest BCUT2D eigenvalue weighted by atomic mass is 10.2. The van der Waals surface area contributed by atoms with E-state index in [0.29, 0.717) is 18.0 Å². The quantitative estimate of drug-likeness (QED) is 0.586. The molecular formula is C21H26N4O3. The molecule has 1 heterocycles. The standard InChI is InChI=1S/C21H26N4O3/c1-27-19-9-8-17(14-20(19)28-2)15-22-23-21(26)16-24-10-12-25(13-11-24)18-6-4-3-5-7-18/h3-9,14-15H,10-13,16H2,1-2H3,(H,23,26)/b22-15+. The van der Waals surface area contributed by atoms with E-state index in [1.165, 1.54) is 5.69 Å². The van der Waals surface area contributed by atoms with Crippen LogP contribution in [0.15, 0.2) is 53.6 Å². The number of para-hydroxylation sites is 1. The first-order valence-electron chi connectivity index (χ1n) is 9.26. The zero-order chi connectivity index (χ0) is 19.8. The molecule has 2 aromatic rings. The Morgan fingerprint density at radius 3 is 2.43 bits per heavy atom. The van der Waals surface area contributed by atoms with Gasteiger partial charge in [-0.1, -0.05) is 18.2 Å². The zero-order valence-electron chi connectivity index (χ0n) is 16.3. The van der Waals surface area contributed by atoms with E-state index < -0.39 is 0 Å². The van der Waals surface area contributed by atoms with Crippen molar-refractivity contribution in [1.29, 1.82) is 0 Å². The van der Waals surface area contributed by atoms with Crippen LogP contribution in [0.3, 0.4) is 0 Å². The number of hydrazone groups is 1. The second-order valence-corrected chi connectivity index (χ2v) is 6.51. The van der Waals surface area contributed by atoms with Crippen molar-refractivity contribution < 1.29 is 14.3 Å². The van der Waals surface area contributed by atoms with E-state index >= 15 is 0 Å². The van der Waals surface area contributed by atoms with Crippen molar-refractivity contribution in [3.8, 4) is 11.5 Å². The normalized spacial score (nSPS) is 14.9. The average molecular weight is 382 g/mol. The highest BCUT2D eigenvalue weighted by molar-refractivity contribution is 5.83. The molecule has 0 aromatic heterocycles. The molecule has 28 heavy (non-hydrogen) atoms. The van der Waals surface area contributed by atoms with Crippen LogP contribution in [0.5, 0.6) is 11.5 Å². The Kier molecular flexibility index (Phi) is 6.86. The van der Waals surface area contributed by atoms with Crippen LogP contribution >= 0.6 is 0 Å². The number of rotatable bonds is 7. The van der Waals surface area contributed by atoms with Crippen LogP contribution in [0.2, 0.25) is 0 Å². The first-order valence-corrected chi connectivity index (χ1v) is 9.26. The van der Waals surface area contributed by atoms with Crippen molar-refractivity contribution in [2.24, 2.45) is 5.10 Å². The van der Waals surface area contributed by atoms with Crippen molar-refractivity contribution in [2.75, 3.05) is 51.8 Å². The molecule has 7 nitrogen and oxygen atoms in total. The second-order valence-electron chi connectivity index (χ2n) is 6.51. The fourth-order valence-corrected chi connectivity index (χ4v) is 3.15. The number of anilines is 1. The molecule has 1 fully saturated rings. The third-order valence-corrected chi connectivity index (χ3v) is 4.67. The summed E-state index contributed by atoms with van der Waals surface area (Å²) in [5, 5.41) is 4.04. The van der Waals surface area contributed by atoms with Gasteiger partial charge in [-0.15, -0.1) is 0 Å². The summed E-state index contributed by atoms with van der Waals surface area (Å²) in [6.07, 6.45) is 1.59. The number of amides is 1. The highest BCUT2D eigenvalue weighted by Crippen LogP contribution is 2.26. The van der Waals surface area contributed by atoms with Gasteiger partial charge in [-0.3, -0.25) is 9.69 Å². The van der Waals surface area contributed by atoms with Gasteiger partial charge in [-0.2, -0.15) is 5.10 Å². The number of piperazine rings is 1. The van der Waals surface area contributed by atoms with E-state index in [-0.39, 0.29) is 5.91 Å². The molecular weight excluding hydrogens is 356 g/mol. The number of nitrogens with zero attached hydrogens (tertiary/aromatic N) is 3. The van der Waals surface area contributed by atoms with Gasteiger partial charge in [-0.05, 0) is 35.9 Å². The van der Waals surface area contributed by atoms with Crippen LogP contribution in [-0.4, -0.2) is 64.0 Å². The molecule has 3 rings (SSSR count). The lowest BCUT2D eigenvalue weighted by molar-refractivity contribution is -0.122. The monoisotopic (exact) mass is 382 g/mol. The topological polar surface area (TPSA) is 66.4 Å². The fraction of sp³-hybridized carbons (Fsp3) is 0.333. The number of hydrogen-bond acceptors (Lipinski definition) is 6. The van der Waals surface area contributed by atoms with Gasteiger partial charge in [0, 0.05) is 31.9 Å². The Balaban J connectivity index is 1.44. The summed E-state index contributed by atoms with van der Waals surface area (Å²) in [7, 11) is 3.17. The number of methoxy groups -OCH3 is 2. The van der Waals surface area contributed by atoms with E-state index in [9.17, 15) is 4.79 Å². The summed E-state index contributed by atoms with van der Waals surface area (Å²) in [4.78, 5) is 16.6. The molecule has 7 heteroatoms. The summed E-state index contributed by atoms with van der Waals surface area (Å²) in [6.45, 7) is 3.85. The molecule has 0 aliphatic carbocycles. The number of carbonyl (C=O) groups is 1. The smallest absolute Gasteiger partial charge is 0.254 e. The number of hydrogen-bond donors (Lipinski definition) is 1. The Morgan fingerprint density at radius 2 is 1.75 bits per heavy atom. The molecule has 1 aliphatic rings. The van der Waals surface area contributed by atoms with E-state index in [1.807, 2.05) is 24.3 Å². The van der Waals surface area contributed by atoms with E-state index in [2.05, 4.69) is 32.5 Å². The van der Waals surface area contributed by atoms with Gasteiger partial charge in [0.25, 0.3) is 5.91 Å². The number of carbonyl (C=O) groups excluding carboxylic acids is 1. The van der Waals surface area contributed by atoms with Gasteiger partial charge in [0.05, 0.1) is 27.0 Å². The Morgan fingerprint density at radius 1 is 1.04 bits per heavy atom. The summed E-state index contributed by atoms with van der Waals surface area (Å²) in [5.41, 5.74) is 4.63. The number of benzene rings is 2. The van der Waals surface area contributed by atoms with E-state index in [4.69, 9.17) is 9.47 Å². The molecule has 1 saturated heterocycles. The van der Waals surface area contributed by atoms with Crippen LogP contribution in [0.4, 0.5) is 5.69 Å². The van der Waals surface area contributed by atoms with Gasteiger partial charge in [-0.25, -0.2) is 5.43 Å². The first-order chi connectivity index (χ1) is 13.7. The summed E-state index contributed by atoms with van der Waals surface area (Å²) in [6, 6.07) is 15.8. The van der Waals surface area contributed by atoms with E-state index in [1.54, 1.807) is 32.6 Å². The Hall–Kier alpha value is -3.06. The van der Waals surface area contributed by atoms with Gasteiger partial charge in [0.1, 0.15) is 0 Å². The van der Waals surface area contributed by atoms with Gasteiger partial charge in [0.15, 0.2) is 11.5 Å². The number of nitrogens with one attached hydrogen (secondary N) is 1. The molecule has 1 amide bonds. The van der Waals surface area contributed by atoms with Crippen LogP contribution in [0.1, 0.15) is 5.56 Å². The zero-order valence-corrected chi connectivity index (χ0v) is 16.3. The molecule has 0 saturated carbocycles. The van der Waals surface area contributed by atoms with Crippen molar-refractivity contribution in [3.05, 3.63) is 54.1 Å². The predicted molar refractivity (Wildman–Crippen MR) is 110 cm³/mol. The lowest BCUT2D eigenvalue weighted by Gasteiger charge is -2.35. The van der Waals surface area contributed by atoms with Gasteiger partial charge in [0.2, 0.25) is 0 Å². The SMILES string of the molecule is COc1ccc(/C=N/NC(=O)CN2CCN(c3ccccc3)CC2)cc1OC. The van der Waals surface area contributed by atoms with Crippen molar-refractivity contribution >= 4 is 17.8 Å². The minimum Gasteiger partial charge on any atom is -0.493 e. The average Bonchev–Trinajstić information content (AvgIpc) is 2.74. The summed E-state index contributed by atoms with van der Waals surface area (Å²) >= 11 is 0. The molecule has 0 unspecified atom stereocenters. The molecule has 0 atom stereocenters. The van der Waals surface area contributed by atoms with Crippen LogP contribution in [-0.2, 0) is 4.79 Å². The minimum atomic E-state index is -0.120. The molecule has 1 aliphatic heterocycles. The first kappa shape index (κ1) is 19.7. The number of ether oxygens (including phenoxy) is 2. The molecule has 2 aromatic carbocycles. The highest BCUT2D eigenvalue weighted by Gasteiger charge is 2.18. The van der Waals surface area contributed by atoms with Crippen molar-refractivity contribution in [1.82, 2.24) is 10.3 Å². The maximum Gasteiger partial charge on any atom is 0.254 e. The second kappa shape index (κ2) is 9.75. The Labute approximate surface area is 165 Å². The van der Waals surface area contributed by atoms with Crippen LogP contribution < -0.4 is 19.8 Å².